The van der Waals surface area contributed by atoms with E-state index >= 15 is 0 Å². The fourth-order valence-corrected chi connectivity index (χ4v) is 0.292. The van der Waals surface area contributed by atoms with E-state index in [2.05, 4.69) is 0 Å². The molecule has 0 saturated heterocycles. The minimum atomic E-state index is 0.00986. The highest BCUT2D eigenvalue weighted by atomic mass is 16.5. The number of rotatable bonds is 3. The second-order valence-corrected chi connectivity index (χ2v) is 2.10. The normalized spacial score (nSPS) is 10.7. The van der Waals surface area contributed by atoms with E-state index in [1.807, 2.05) is 13.8 Å². The zero-order chi connectivity index (χ0) is 7.28. The highest BCUT2D eigenvalue weighted by Crippen LogP contribution is 1.87. The van der Waals surface area contributed by atoms with Crippen LogP contribution in [0.1, 0.15) is 20.8 Å². The Bertz CT molecular complexity index is 114. The lowest BCUT2D eigenvalue weighted by Gasteiger charge is -2.00. The van der Waals surface area contributed by atoms with Crippen LogP contribution in [-0.4, -0.2) is 11.9 Å². The molecular weight excluding hydrogens is 116 g/mol. The van der Waals surface area contributed by atoms with Gasteiger partial charge < -0.3 is 4.74 Å². The molecule has 0 fully saturated rings. The SMILES string of the molecule is CC(=O)/C=C/OC(C)C. The largest absolute Gasteiger partial charge is 0.498 e. The van der Waals surface area contributed by atoms with E-state index in [9.17, 15) is 4.79 Å². The second-order valence-electron chi connectivity index (χ2n) is 2.10. The molecule has 0 atom stereocenters. The van der Waals surface area contributed by atoms with Crippen molar-refractivity contribution in [1.82, 2.24) is 0 Å². The minimum Gasteiger partial charge on any atom is -0.498 e. The quantitative estimate of drug-likeness (QED) is 0.425. The van der Waals surface area contributed by atoms with Crippen LogP contribution in [0.25, 0.3) is 0 Å². The molecular formula is C7H12O2. The summed E-state index contributed by atoms with van der Waals surface area (Å²) in [7, 11) is 0. The van der Waals surface area contributed by atoms with E-state index in [0.29, 0.717) is 0 Å². The van der Waals surface area contributed by atoms with Crippen molar-refractivity contribution >= 4 is 5.78 Å². The Kier molecular flexibility index (Phi) is 3.76. The van der Waals surface area contributed by atoms with Crippen LogP contribution in [0.3, 0.4) is 0 Å². The van der Waals surface area contributed by atoms with Crippen LogP contribution in [0, 0.1) is 0 Å². The van der Waals surface area contributed by atoms with Crippen LogP contribution in [-0.2, 0) is 9.53 Å². The lowest BCUT2D eigenvalue weighted by molar-refractivity contribution is -0.112. The Balaban J connectivity index is 3.36. The molecule has 0 aliphatic rings. The van der Waals surface area contributed by atoms with Gasteiger partial charge in [-0.05, 0) is 20.8 Å². The first-order valence-electron chi connectivity index (χ1n) is 2.95. The highest BCUT2D eigenvalue weighted by molar-refractivity contribution is 5.86. The van der Waals surface area contributed by atoms with Crippen molar-refractivity contribution in [2.75, 3.05) is 0 Å². The standard InChI is InChI=1S/C7H12O2/c1-6(2)9-5-4-7(3)8/h4-6H,1-3H3/b5-4+. The Morgan fingerprint density at radius 1 is 1.56 bits per heavy atom. The van der Waals surface area contributed by atoms with Crippen molar-refractivity contribution < 1.29 is 9.53 Å². The summed E-state index contributed by atoms with van der Waals surface area (Å²) >= 11 is 0. The first-order chi connectivity index (χ1) is 4.13. The van der Waals surface area contributed by atoms with Crippen LogP contribution in [0.15, 0.2) is 12.3 Å². The number of ketones is 1. The molecule has 52 valence electrons. The monoisotopic (exact) mass is 128 g/mol. The Morgan fingerprint density at radius 2 is 2.11 bits per heavy atom. The summed E-state index contributed by atoms with van der Waals surface area (Å²) in [6.45, 7) is 5.30. The molecule has 9 heavy (non-hydrogen) atoms. The topological polar surface area (TPSA) is 26.3 Å². The van der Waals surface area contributed by atoms with Crippen molar-refractivity contribution in [2.45, 2.75) is 26.9 Å². The number of allylic oxidation sites excluding steroid dienone is 1. The fraction of sp³-hybridized carbons (Fsp3) is 0.571. The third-order valence-corrected chi connectivity index (χ3v) is 0.653. The predicted molar refractivity (Wildman–Crippen MR) is 36.0 cm³/mol. The maximum Gasteiger partial charge on any atom is 0.155 e. The summed E-state index contributed by atoms with van der Waals surface area (Å²) in [5.74, 6) is 0.00986. The van der Waals surface area contributed by atoms with Crippen molar-refractivity contribution in [1.29, 1.82) is 0 Å². The zero-order valence-corrected chi connectivity index (χ0v) is 6.05. The first-order valence-corrected chi connectivity index (χ1v) is 2.95. The number of carbonyl (C=O) groups excluding carboxylic acids is 1. The van der Waals surface area contributed by atoms with Crippen LogP contribution < -0.4 is 0 Å². The summed E-state index contributed by atoms with van der Waals surface area (Å²) in [6, 6.07) is 0. The number of carbonyl (C=O) groups is 1. The van der Waals surface area contributed by atoms with Crippen LogP contribution >= 0.6 is 0 Å². The Morgan fingerprint density at radius 3 is 2.44 bits per heavy atom. The summed E-state index contributed by atoms with van der Waals surface area (Å²) in [5, 5.41) is 0. The van der Waals surface area contributed by atoms with Crippen molar-refractivity contribution in [3.63, 3.8) is 0 Å². The molecule has 0 aromatic heterocycles. The van der Waals surface area contributed by atoms with E-state index in [1.54, 1.807) is 0 Å². The van der Waals surface area contributed by atoms with Gasteiger partial charge in [0, 0.05) is 6.08 Å². The second kappa shape index (κ2) is 4.13. The van der Waals surface area contributed by atoms with Gasteiger partial charge in [-0.2, -0.15) is 0 Å². The van der Waals surface area contributed by atoms with Crippen molar-refractivity contribution in [3.8, 4) is 0 Å². The Labute approximate surface area is 55.5 Å². The molecule has 0 aliphatic carbocycles. The average Bonchev–Trinajstić information content (AvgIpc) is 1.63. The molecule has 0 heterocycles. The molecule has 0 saturated carbocycles. The fourth-order valence-electron chi connectivity index (χ4n) is 0.292. The van der Waals surface area contributed by atoms with Crippen LogP contribution in [0.4, 0.5) is 0 Å². The van der Waals surface area contributed by atoms with Gasteiger partial charge in [-0.15, -0.1) is 0 Å². The molecule has 0 radical (unpaired) electrons. The molecule has 2 nitrogen and oxygen atoms in total. The van der Waals surface area contributed by atoms with E-state index in [1.165, 1.54) is 19.3 Å². The van der Waals surface area contributed by atoms with E-state index in [-0.39, 0.29) is 11.9 Å². The molecule has 0 rings (SSSR count). The number of hydrogen-bond acceptors (Lipinski definition) is 2. The smallest absolute Gasteiger partial charge is 0.155 e. The number of ether oxygens (including phenoxy) is 1. The van der Waals surface area contributed by atoms with E-state index < -0.39 is 0 Å². The molecule has 0 bridgehead atoms. The third kappa shape index (κ3) is 7.21. The summed E-state index contributed by atoms with van der Waals surface area (Å²) in [4.78, 5) is 10.3. The van der Waals surface area contributed by atoms with Gasteiger partial charge in [-0.25, -0.2) is 0 Å². The zero-order valence-electron chi connectivity index (χ0n) is 6.05. The van der Waals surface area contributed by atoms with Gasteiger partial charge in [0.25, 0.3) is 0 Å². The molecule has 0 N–H and O–H groups in total. The molecule has 2 heteroatoms. The van der Waals surface area contributed by atoms with E-state index in [4.69, 9.17) is 4.74 Å². The Hall–Kier alpha value is -0.790. The van der Waals surface area contributed by atoms with Crippen LogP contribution in [0.2, 0.25) is 0 Å². The van der Waals surface area contributed by atoms with Crippen LogP contribution in [0.5, 0.6) is 0 Å². The third-order valence-electron chi connectivity index (χ3n) is 0.653. The predicted octanol–water partition coefficient (Wildman–Crippen LogP) is 1.51. The van der Waals surface area contributed by atoms with Gasteiger partial charge in [0.1, 0.15) is 0 Å². The minimum absolute atomic E-state index is 0.00986. The van der Waals surface area contributed by atoms with Gasteiger partial charge >= 0.3 is 0 Å². The van der Waals surface area contributed by atoms with Crippen molar-refractivity contribution in [3.05, 3.63) is 12.3 Å². The van der Waals surface area contributed by atoms with Gasteiger partial charge in [-0.3, -0.25) is 4.79 Å². The summed E-state index contributed by atoms with van der Waals surface area (Å²) in [6.07, 6.45) is 2.98. The molecule has 0 amide bonds. The maximum atomic E-state index is 10.3. The summed E-state index contributed by atoms with van der Waals surface area (Å²) < 4.78 is 4.95. The molecule has 0 aromatic carbocycles. The maximum absolute atomic E-state index is 10.3. The van der Waals surface area contributed by atoms with E-state index in [0.717, 1.165) is 0 Å². The molecule has 0 aromatic rings. The first kappa shape index (κ1) is 8.21. The number of hydrogen-bond donors (Lipinski definition) is 0. The molecule has 0 spiro atoms. The summed E-state index contributed by atoms with van der Waals surface area (Å²) in [5.41, 5.74) is 0. The molecule has 0 aliphatic heterocycles. The van der Waals surface area contributed by atoms with Gasteiger partial charge in [0.05, 0.1) is 12.4 Å². The van der Waals surface area contributed by atoms with Gasteiger partial charge in [0.2, 0.25) is 0 Å². The molecule has 0 unspecified atom stereocenters. The highest BCUT2D eigenvalue weighted by Gasteiger charge is 1.86. The van der Waals surface area contributed by atoms with Gasteiger partial charge in [0.15, 0.2) is 5.78 Å². The lowest BCUT2D eigenvalue weighted by Crippen LogP contribution is -1.95. The average molecular weight is 128 g/mol. The van der Waals surface area contributed by atoms with Gasteiger partial charge in [-0.1, -0.05) is 0 Å². The van der Waals surface area contributed by atoms with Crippen molar-refractivity contribution in [2.24, 2.45) is 0 Å². The lowest BCUT2D eigenvalue weighted by atomic mass is 10.4.